The van der Waals surface area contributed by atoms with Gasteiger partial charge in [-0.15, -0.1) is 0 Å². The summed E-state index contributed by atoms with van der Waals surface area (Å²) < 4.78 is 25.9. The SMILES string of the molecule is CCC(=O)N1CCc2ccc(OCc3ccc(C(=O)N(C)c4ccccc4)o3)cc2C1c1cccc(F)c1. The molecule has 3 aromatic carbocycles. The molecule has 0 saturated heterocycles. The van der Waals surface area contributed by atoms with E-state index in [-0.39, 0.29) is 30.0 Å². The van der Waals surface area contributed by atoms with E-state index in [4.69, 9.17) is 9.15 Å². The van der Waals surface area contributed by atoms with E-state index in [0.717, 1.165) is 22.4 Å². The fourth-order valence-electron chi connectivity index (χ4n) is 4.85. The Morgan fingerprint density at radius 1 is 1.03 bits per heavy atom. The van der Waals surface area contributed by atoms with Crippen LogP contribution in [0, 0.1) is 5.82 Å². The van der Waals surface area contributed by atoms with Crippen LogP contribution >= 0.6 is 0 Å². The molecule has 1 atom stereocenters. The number of para-hydroxylation sites is 1. The lowest BCUT2D eigenvalue weighted by atomic mass is 9.87. The van der Waals surface area contributed by atoms with E-state index in [9.17, 15) is 14.0 Å². The van der Waals surface area contributed by atoms with Gasteiger partial charge in [0.25, 0.3) is 5.91 Å². The van der Waals surface area contributed by atoms with Crippen molar-refractivity contribution in [1.82, 2.24) is 4.90 Å². The molecule has 194 valence electrons. The Kier molecular flexibility index (Phi) is 7.26. The maximum atomic E-state index is 14.1. The lowest BCUT2D eigenvalue weighted by molar-refractivity contribution is -0.132. The van der Waals surface area contributed by atoms with Gasteiger partial charge in [-0.05, 0) is 71.6 Å². The second-order valence-corrected chi connectivity index (χ2v) is 9.26. The van der Waals surface area contributed by atoms with Gasteiger partial charge < -0.3 is 19.0 Å². The van der Waals surface area contributed by atoms with Gasteiger partial charge in [-0.1, -0.05) is 43.3 Å². The zero-order valence-electron chi connectivity index (χ0n) is 21.4. The summed E-state index contributed by atoms with van der Waals surface area (Å²) in [5.41, 5.74) is 3.51. The zero-order valence-corrected chi connectivity index (χ0v) is 21.4. The van der Waals surface area contributed by atoms with Gasteiger partial charge in [0, 0.05) is 25.7 Å². The number of halogens is 1. The molecule has 6 nitrogen and oxygen atoms in total. The van der Waals surface area contributed by atoms with Gasteiger partial charge in [-0.3, -0.25) is 9.59 Å². The maximum absolute atomic E-state index is 14.1. The highest BCUT2D eigenvalue weighted by Gasteiger charge is 2.32. The first kappa shape index (κ1) is 25.3. The van der Waals surface area contributed by atoms with Gasteiger partial charge in [0.15, 0.2) is 5.76 Å². The van der Waals surface area contributed by atoms with Gasteiger partial charge in [-0.25, -0.2) is 4.39 Å². The molecule has 1 aromatic heterocycles. The highest BCUT2D eigenvalue weighted by atomic mass is 19.1. The van der Waals surface area contributed by atoms with Crippen LogP contribution in [0.4, 0.5) is 10.1 Å². The molecule has 2 heterocycles. The smallest absolute Gasteiger partial charge is 0.293 e. The summed E-state index contributed by atoms with van der Waals surface area (Å²) in [5.74, 6) is 0.755. The lowest BCUT2D eigenvalue weighted by Crippen LogP contribution is -2.40. The van der Waals surface area contributed by atoms with Gasteiger partial charge in [-0.2, -0.15) is 0 Å². The number of hydrogen-bond acceptors (Lipinski definition) is 4. The molecule has 0 spiro atoms. The van der Waals surface area contributed by atoms with Crippen molar-refractivity contribution in [1.29, 1.82) is 0 Å². The number of nitrogens with zero attached hydrogens (tertiary/aromatic N) is 2. The predicted octanol–water partition coefficient (Wildman–Crippen LogP) is 6.16. The first-order chi connectivity index (χ1) is 18.4. The van der Waals surface area contributed by atoms with Crippen molar-refractivity contribution in [2.75, 3.05) is 18.5 Å². The molecule has 1 aliphatic heterocycles. The van der Waals surface area contributed by atoms with Crippen LogP contribution in [-0.2, 0) is 17.8 Å². The molecule has 0 aliphatic carbocycles. The molecule has 0 fully saturated rings. The van der Waals surface area contributed by atoms with Crippen molar-refractivity contribution in [2.45, 2.75) is 32.4 Å². The molecule has 0 bridgehead atoms. The molecule has 4 aromatic rings. The topological polar surface area (TPSA) is 63.0 Å². The maximum Gasteiger partial charge on any atom is 0.293 e. The number of furan rings is 1. The molecule has 38 heavy (non-hydrogen) atoms. The van der Waals surface area contributed by atoms with Crippen molar-refractivity contribution in [3.05, 3.63) is 119 Å². The van der Waals surface area contributed by atoms with Gasteiger partial charge in [0.1, 0.15) is 23.9 Å². The fraction of sp³-hybridized carbons (Fsp3) is 0.226. The highest BCUT2D eigenvalue weighted by Crippen LogP contribution is 2.38. The van der Waals surface area contributed by atoms with Gasteiger partial charge in [0.2, 0.25) is 5.91 Å². The third-order valence-corrected chi connectivity index (χ3v) is 6.83. The van der Waals surface area contributed by atoms with Crippen molar-refractivity contribution < 1.29 is 23.1 Å². The van der Waals surface area contributed by atoms with Crippen LogP contribution in [0.15, 0.2) is 89.3 Å². The van der Waals surface area contributed by atoms with Crippen LogP contribution in [0.1, 0.15) is 52.4 Å². The molecule has 2 amide bonds. The molecule has 0 saturated carbocycles. The monoisotopic (exact) mass is 512 g/mol. The van der Waals surface area contributed by atoms with E-state index in [2.05, 4.69) is 0 Å². The van der Waals surface area contributed by atoms with Crippen molar-refractivity contribution in [3.63, 3.8) is 0 Å². The number of ether oxygens (including phenoxy) is 1. The van der Waals surface area contributed by atoms with Crippen LogP contribution in [0.2, 0.25) is 0 Å². The van der Waals surface area contributed by atoms with Crippen LogP contribution < -0.4 is 9.64 Å². The van der Waals surface area contributed by atoms with E-state index in [1.807, 2.05) is 66.4 Å². The molecule has 0 N–H and O–H groups in total. The number of rotatable bonds is 7. The van der Waals surface area contributed by atoms with Crippen molar-refractivity contribution in [3.8, 4) is 5.75 Å². The highest BCUT2D eigenvalue weighted by molar-refractivity contribution is 6.03. The van der Waals surface area contributed by atoms with E-state index in [1.54, 1.807) is 25.2 Å². The number of amides is 2. The van der Waals surface area contributed by atoms with E-state index >= 15 is 0 Å². The number of benzene rings is 3. The first-order valence-corrected chi connectivity index (χ1v) is 12.7. The normalized spacial score (nSPS) is 14.6. The Balaban J connectivity index is 1.35. The zero-order chi connectivity index (χ0) is 26.6. The summed E-state index contributed by atoms with van der Waals surface area (Å²) in [6, 6.07) is 24.5. The minimum Gasteiger partial charge on any atom is -0.486 e. The molecule has 7 heteroatoms. The molecular weight excluding hydrogens is 483 g/mol. The van der Waals surface area contributed by atoms with Crippen LogP contribution in [0.3, 0.4) is 0 Å². The number of carbonyl (C=O) groups excluding carboxylic acids is 2. The number of hydrogen-bond donors (Lipinski definition) is 0. The summed E-state index contributed by atoms with van der Waals surface area (Å²) in [5, 5.41) is 0. The largest absolute Gasteiger partial charge is 0.486 e. The van der Waals surface area contributed by atoms with Crippen LogP contribution in [0.25, 0.3) is 0 Å². The van der Waals surface area contributed by atoms with E-state index in [1.165, 1.54) is 17.0 Å². The number of carbonyl (C=O) groups is 2. The lowest BCUT2D eigenvalue weighted by Gasteiger charge is -2.38. The minimum atomic E-state index is -0.396. The second-order valence-electron chi connectivity index (χ2n) is 9.26. The third-order valence-electron chi connectivity index (χ3n) is 6.83. The van der Waals surface area contributed by atoms with Crippen LogP contribution in [0.5, 0.6) is 5.75 Å². The average molecular weight is 513 g/mol. The fourth-order valence-corrected chi connectivity index (χ4v) is 4.85. The Hall–Kier alpha value is -4.39. The molecule has 0 radical (unpaired) electrons. The van der Waals surface area contributed by atoms with Crippen molar-refractivity contribution >= 4 is 17.5 Å². The number of anilines is 1. The number of fused-ring (bicyclic) bond motifs is 1. The molecule has 1 unspecified atom stereocenters. The Morgan fingerprint density at radius 3 is 2.61 bits per heavy atom. The Labute approximate surface area is 221 Å². The Bertz CT molecular complexity index is 1450. The Morgan fingerprint density at radius 2 is 1.84 bits per heavy atom. The van der Waals surface area contributed by atoms with Crippen molar-refractivity contribution in [2.24, 2.45) is 0 Å². The standard InChI is InChI=1S/C31H29FN2O4/c1-3-29(35)34-17-16-21-12-13-25(19-27(21)30(34)22-8-7-9-23(32)18-22)37-20-26-14-15-28(38-26)31(36)33(2)24-10-5-4-6-11-24/h4-15,18-19,30H,3,16-17,20H2,1-2H3. The van der Waals surface area contributed by atoms with Gasteiger partial charge >= 0.3 is 0 Å². The molecule has 5 rings (SSSR count). The van der Waals surface area contributed by atoms with E-state index < -0.39 is 6.04 Å². The van der Waals surface area contributed by atoms with E-state index in [0.29, 0.717) is 30.9 Å². The molecular formula is C31H29FN2O4. The summed E-state index contributed by atoms with van der Waals surface area (Å²) in [7, 11) is 1.70. The van der Waals surface area contributed by atoms with Gasteiger partial charge in [0.05, 0.1) is 6.04 Å². The summed E-state index contributed by atoms with van der Waals surface area (Å²) in [4.78, 5) is 29.0. The summed E-state index contributed by atoms with van der Waals surface area (Å²) in [6.07, 6.45) is 1.09. The van der Waals surface area contributed by atoms with Crippen LogP contribution in [-0.4, -0.2) is 30.3 Å². The summed E-state index contributed by atoms with van der Waals surface area (Å²) in [6.45, 7) is 2.53. The summed E-state index contributed by atoms with van der Waals surface area (Å²) >= 11 is 0. The third kappa shape index (κ3) is 5.18. The predicted molar refractivity (Wildman–Crippen MR) is 143 cm³/mol. The quantitative estimate of drug-likeness (QED) is 0.298. The first-order valence-electron chi connectivity index (χ1n) is 12.7. The average Bonchev–Trinajstić information content (AvgIpc) is 3.43. The minimum absolute atomic E-state index is 0.0180. The molecule has 1 aliphatic rings. The second kappa shape index (κ2) is 10.9.